The van der Waals surface area contributed by atoms with E-state index in [0.29, 0.717) is 0 Å². The van der Waals surface area contributed by atoms with Crippen LogP contribution in [-0.4, -0.2) is 13.1 Å². The second kappa shape index (κ2) is 11.4. The van der Waals surface area contributed by atoms with Crippen LogP contribution in [0.25, 0.3) is 0 Å². The van der Waals surface area contributed by atoms with E-state index < -0.39 is 0 Å². The summed E-state index contributed by atoms with van der Waals surface area (Å²) in [4.78, 5) is 2.52. The molecule has 0 amide bonds. The zero-order valence-corrected chi connectivity index (χ0v) is 15.7. The Balaban J connectivity index is 1.99. The van der Waals surface area contributed by atoms with Gasteiger partial charge in [-0.25, -0.2) is 0 Å². The maximum absolute atomic E-state index is 4.33. The zero-order valence-electron chi connectivity index (χ0n) is 15.7. The van der Waals surface area contributed by atoms with Crippen molar-refractivity contribution >= 4 is 17.1 Å². The molecule has 0 fully saturated rings. The number of unbranched alkanes of at least 4 members (excludes halogenated alkanes) is 4. The summed E-state index contributed by atoms with van der Waals surface area (Å²) in [6.45, 7) is 6.80. The van der Waals surface area contributed by atoms with Gasteiger partial charge in [-0.1, -0.05) is 57.7 Å². The molecule has 0 aliphatic heterocycles. The van der Waals surface area contributed by atoms with E-state index in [9.17, 15) is 0 Å². The third kappa shape index (κ3) is 7.08. The van der Waals surface area contributed by atoms with Gasteiger partial charge in [0.25, 0.3) is 0 Å². The van der Waals surface area contributed by atoms with E-state index in [1.54, 1.807) is 0 Å². The molecule has 0 saturated carbocycles. The highest BCUT2D eigenvalue weighted by Gasteiger charge is 2.06. The zero-order chi connectivity index (χ0) is 17.7. The van der Waals surface area contributed by atoms with Crippen LogP contribution in [0.2, 0.25) is 0 Å². The van der Waals surface area contributed by atoms with Gasteiger partial charge in [-0.05, 0) is 49.2 Å². The molecule has 0 heterocycles. The van der Waals surface area contributed by atoms with Crippen molar-refractivity contribution < 1.29 is 0 Å². The second-order valence-electron chi connectivity index (χ2n) is 6.45. The van der Waals surface area contributed by atoms with Gasteiger partial charge in [0.2, 0.25) is 0 Å². The fourth-order valence-corrected chi connectivity index (χ4v) is 2.82. The van der Waals surface area contributed by atoms with Crippen LogP contribution in [0.3, 0.4) is 0 Å². The molecule has 0 spiro atoms. The van der Waals surface area contributed by atoms with Gasteiger partial charge in [0.05, 0.1) is 11.4 Å². The number of benzene rings is 2. The summed E-state index contributed by atoms with van der Waals surface area (Å²) in [5, 5.41) is 8.62. The normalized spacial score (nSPS) is 11.1. The molecule has 0 bridgehead atoms. The highest BCUT2D eigenvalue weighted by molar-refractivity contribution is 5.53. The molecular weight excluding hydrogens is 306 g/mol. The first-order valence-electron chi connectivity index (χ1n) is 9.65. The van der Waals surface area contributed by atoms with Gasteiger partial charge in [0, 0.05) is 18.8 Å². The van der Waals surface area contributed by atoms with Gasteiger partial charge in [-0.15, -0.1) is 0 Å². The summed E-state index contributed by atoms with van der Waals surface area (Å²) in [7, 11) is 0. The molecule has 0 unspecified atom stereocenters. The van der Waals surface area contributed by atoms with Crippen molar-refractivity contribution in [3.63, 3.8) is 0 Å². The van der Waals surface area contributed by atoms with Crippen molar-refractivity contribution in [2.24, 2.45) is 10.2 Å². The predicted octanol–water partition coefficient (Wildman–Crippen LogP) is 7.29. The summed E-state index contributed by atoms with van der Waals surface area (Å²) in [5.74, 6) is 0. The van der Waals surface area contributed by atoms with Crippen molar-refractivity contribution in [2.75, 3.05) is 18.0 Å². The van der Waals surface area contributed by atoms with E-state index >= 15 is 0 Å². The molecule has 0 atom stereocenters. The summed E-state index contributed by atoms with van der Waals surface area (Å²) in [5.41, 5.74) is 3.08. The number of hydrogen-bond donors (Lipinski definition) is 0. The molecule has 2 aromatic rings. The van der Waals surface area contributed by atoms with Crippen LogP contribution < -0.4 is 4.90 Å². The second-order valence-corrected chi connectivity index (χ2v) is 6.45. The van der Waals surface area contributed by atoms with Gasteiger partial charge in [0.1, 0.15) is 0 Å². The number of anilines is 1. The average Bonchev–Trinajstić information content (AvgIpc) is 2.67. The fourth-order valence-electron chi connectivity index (χ4n) is 2.82. The summed E-state index contributed by atoms with van der Waals surface area (Å²) in [6, 6.07) is 18.3. The third-order valence-electron chi connectivity index (χ3n) is 4.32. The maximum Gasteiger partial charge on any atom is 0.0858 e. The molecule has 0 aliphatic rings. The van der Waals surface area contributed by atoms with Crippen LogP contribution in [-0.2, 0) is 0 Å². The molecule has 0 N–H and O–H groups in total. The van der Waals surface area contributed by atoms with Gasteiger partial charge >= 0.3 is 0 Å². The third-order valence-corrected chi connectivity index (χ3v) is 4.32. The first-order chi connectivity index (χ1) is 12.3. The van der Waals surface area contributed by atoms with Crippen molar-refractivity contribution in [2.45, 2.75) is 52.4 Å². The molecule has 25 heavy (non-hydrogen) atoms. The minimum Gasteiger partial charge on any atom is -0.372 e. The highest BCUT2D eigenvalue weighted by Crippen LogP contribution is 2.23. The van der Waals surface area contributed by atoms with Gasteiger partial charge in [0.15, 0.2) is 0 Å². The lowest BCUT2D eigenvalue weighted by Gasteiger charge is -2.25. The topological polar surface area (TPSA) is 28.0 Å². The monoisotopic (exact) mass is 337 g/mol. The van der Waals surface area contributed by atoms with Crippen LogP contribution in [0.1, 0.15) is 52.4 Å². The lowest BCUT2D eigenvalue weighted by atomic mass is 10.2. The lowest BCUT2D eigenvalue weighted by molar-refractivity contribution is 0.636. The molecule has 0 radical (unpaired) electrons. The Morgan fingerprint density at radius 3 is 1.68 bits per heavy atom. The van der Waals surface area contributed by atoms with Crippen molar-refractivity contribution in [1.82, 2.24) is 0 Å². The van der Waals surface area contributed by atoms with Crippen LogP contribution in [0.15, 0.2) is 64.8 Å². The van der Waals surface area contributed by atoms with Crippen LogP contribution in [0.5, 0.6) is 0 Å². The molecule has 0 aliphatic carbocycles. The summed E-state index contributed by atoms with van der Waals surface area (Å²) >= 11 is 0. The molecule has 3 nitrogen and oxygen atoms in total. The number of azo groups is 1. The molecule has 2 aromatic carbocycles. The molecular formula is C22H31N3. The van der Waals surface area contributed by atoms with Crippen molar-refractivity contribution in [1.29, 1.82) is 0 Å². The van der Waals surface area contributed by atoms with E-state index in [-0.39, 0.29) is 0 Å². The largest absolute Gasteiger partial charge is 0.372 e. The van der Waals surface area contributed by atoms with E-state index in [1.165, 1.54) is 44.2 Å². The molecule has 0 saturated heterocycles. The number of rotatable bonds is 11. The Kier molecular flexibility index (Phi) is 8.74. The molecule has 0 aromatic heterocycles. The van der Waals surface area contributed by atoms with Crippen LogP contribution in [0, 0.1) is 0 Å². The Morgan fingerprint density at radius 1 is 0.640 bits per heavy atom. The van der Waals surface area contributed by atoms with Gasteiger partial charge in [-0.2, -0.15) is 10.2 Å². The Morgan fingerprint density at radius 2 is 1.16 bits per heavy atom. The fraction of sp³-hybridized carbons (Fsp3) is 0.455. The average molecular weight is 338 g/mol. The van der Waals surface area contributed by atoms with Gasteiger partial charge in [-0.3, -0.25) is 0 Å². The Bertz CT molecular complexity index is 595. The molecule has 134 valence electrons. The standard InChI is InChI=1S/C22H31N3/c1-3-5-10-18-25(19-11-6-4-2)22-16-14-21(15-17-22)24-23-20-12-8-7-9-13-20/h7-9,12-17H,3-6,10-11,18-19H2,1-2H3. The Labute approximate surface area is 152 Å². The SMILES string of the molecule is CCCCCN(CCCCC)c1ccc(N=Nc2ccccc2)cc1. The van der Waals surface area contributed by atoms with E-state index in [4.69, 9.17) is 0 Å². The van der Waals surface area contributed by atoms with E-state index in [2.05, 4.69) is 53.2 Å². The lowest BCUT2D eigenvalue weighted by Crippen LogP contribution is -2.25. The summed E-state index contributed by atoms with van der Waals surface area (Å²) in [6.07, 6.45) is 7.65. The smallest absolute Gasteiger partial charge is 0.0858 e. The van der Waals surface area contributed by atoms with E-state index in [0.717, 1.165) is 24.5 Å². The van der Waals surface area contributed by atoms with E-state index in [1.807, 2.05) is 30.3 Å². The van der Waals surface area contributed by atoms with Crippen molar-refractivity contribution in [3.05, 3.63) is 54.6 Å². The maximum atomic E-state index is 4.33. The first-order valence-corrected chi connectivity index (χ1v) is 9.65. The predicted molar refractivity (Wildman–Crippen MR) is 108 cm³/mol. The summed E-state index contributed by atoms with van der Waals surface area (Å²) < 4.78 is 0. The number of hydrogen-bond acceptors (Lipinski definition) is 3. The van der Waals surface area contributed by atoms with Crippen molar-refractivity contribution in [3.8, 4) is 0 Å². The first kappa shape index (κ1) is 19.2. The Hall–Kier alpha value is -2.16. The highest BCUT2D eigenvalue weighted by atomic mass is 15.1. The minimum atomic E-state index is 0.882. The van der Waals surface area contributed by atoms with Crippen LogP contribution in [0.4, 0.5) is 17.1 Å². The molecule has 2 rings (SSSR count). The van der Waals surface area contributed by atoms with Gasteiger partial charge < -0.3 is 4.90 Å². The van der Waals surface area contributed by atoms with Crippen LogP contribution >= 0.6 is 0 Å². The number of nitrogens with zero attached hydrogens (tertiary/aromatic N) is 3. The molecule has 3 heteroatoms. The minimum absolute atomic E-state index is 0.882. The quantitative estimate of drug-likeness (QED) is 0.312.